The number of imidazole rings is 1. The molecule has 0 aliphatic rings. The Bertz CT molecular complexity index is 1550. The highest BCUT2D eigenvalue weighted by atomic mass is 32.2. The Hall–Kier alpha value is -3.44. The summed E-state index contributed by atoms with van der Waals surface area (Å²) in [6.45, 7) is 1.52. The number of sulfonamides is 2. The normalized spacial score (nSPS) is 13.4. The zero-order valence-electron chi connectivity index (χ0n) is 17.1. The SMILES string of the molecule is CC(CN)NS(=O)(=O)c1ccc(-c2cccc3[nH]c(N)nc23)c(-c2nn[nH]n2)c1S(N)(=O)=O. The molecule has 174 valence electrons. The average Bonchev–Trinajstić information content (AvgIpc) is 3.40. The molecule has 16 heteroatoms. The molecule has 9 N–H and O–H groups in total. The first-order chi connectivity index (χ1) is 15.5. The summed E-state index contributed by atoms with van der Waals surface area (Å²) in [6.07, 6.45) is 0. The monoisotopic (exact) mass is 492 g/mol. The molecule has 0 bridgehead atoms. The van der Waals surface area contributed by atoms with E-state index in [-0.39, 0.29) is 29.4 Å². The van der Waals surface area contributed by atoms with Gasteiger partial charge in [-0.3, -0.25) is 0 Å². The van der Waals surface area contributed by atoms with Gasteiger partial charge < -0.3 is 16.5 Å². The second kappa shape index (κ2) is 8.16. The Morgan fingerprint density at radius 3 is 2.52 bits per heavy atom. The van der Waals surface area contributed by atoms with Gasteiger partial charge in [0.1, 0.15) is 9.79 Å². The van der Waals surface area contributed by atoms with Crippen molar-refractivity contribution in [2.45, 2.75) is 22.8 Å². The molecule has 4 aromatic rings. The van der Waals surface area contributed by atoms with Gasteiger partial charge in [-0.15, -0.1) is 10.2 Å². The lowest BCUT2D eigenvalue weighted by atomic mass is 9.98. The Kier molecular flexibility index (Phi) is 5.62. The van der Waals surface area contributed by atoms with Crippen molar-refractivity contribution in [3.63, 3.8) is 0 Å². The Morgan fingerprint density at radius 2 is 1.88 bits per heavy atom. The maximum Gasteiger partial charge on any atom is 0.242 e. The number of nitrogens with two attached hydrogens (primary N) is 3. The minimum absolute atomic E-state index is 0.0116. The molecule has 0 aliphatic heterocycles. The second-order valence-corrected chi connectivity index (χ2v) is 10.4. The molecule has 2 aromatic carbocycles. The van der Waals surface area contributed by atoms with E-state index in [9.17, 15) is 16.8 Å². The molecular weight excluding hydrogens is 472 g/mol. The van der Waals surface area contributed by atoms with Gasteiger partial charge in [-0.05, 0) is 29.8 Å². The zero-order chi connectivity index (χ0) is 24.0. The van der Waals surface area contributed by atoms with Crippen molar-refractivity contribution >= 4 is 37.0 Å². The summed E-state index contributed by atoms with van der Waals surface area (Å²) in [4.78, 5) is 5.87. The molecule has 0 saturated heterocycles. The summed E-state index contributed by atoms with van der Waals surface area (Å²) in [6, 6.07) is 6.98. The summed E-state index contributed by atoms with van der Waals surface area (Å²) in [5.74, 6) is -0.0390. The molecule has 0 amide bonds. The van der Waals surface area contributed by atoms with Crippen LogP contribution in [-0.2, 0) is 20.0 Å². The van der Waals surface area contributed by atoms with E-state index in [1.807, 2.05) is 0 Å². The predicted octanol–water partition coefficient (Wildman–Crippen LogP) is -0.735. The summed E-state index contributed by atoms with van der Waals surface area (Å²) < 4.78 is 54.0. The van der Waals surface area contributed by atoms with Crippen LogP contribution < -0.4 is 21.3 Å². The third kappa shape index (κ3) is 4.16. The van der Waals surface area contributed by atoms with E-state index in [1.165, 1.54) is 13.0 Å². The minimum Gasteiger partial charge on any atom is -0.369 e. The molecule has 0 spiro atoms. The smallest absolute Gasteiger partial charge is 0.242 e. The lowest BCUT2D eigenvalue weighted by Gasteiger charge is -2.18. The third-order valence-corrected chi connectivity index (χ3v) is 7.55. The minimum atomic E-state index is -4.62. The van der Waals surface area contributed by atoms with Crippen molar-refractivity contribution in [1.82, 2.24) is 35.3 Å². The van der Waals surface area contributed by atoms with Crippen LogP contribution in [0, 0.1) is 0 Å². The van der Waals surface area contributed by atoms with E-state index in [2.05, 4.69) is 35.3 Å². The molecule has 4 rings (SSSR count). The molecular formula is C17H20N10O4S2. The summed E-state index contributed by atoms with van der Waals surface area (Å²) in [5.41, 5.74) is 12.8. The molecule has 0 aliphatic carbocycles. The zero-order valence-corrected chi connectivity index (χ0v) is 18.8. The molecule has 14 nitrogen and oxygen atoms in total. The second-order valence-electron chi connectivity index (χ2n) is 7.18. The first-order valence-electron chi connectivity index (χ1n) is 9.43. The summed E-state index contributed by atoms with van der Waals surface area (Å²) in [7, 11) is -8.97. The van der Waals surface area contributed by atoms with Crippen LogP contribution in [0.5, 0.6) is 0 Å². The van der Waals surface area contributed by atoms with Crippen LogP contribution in [-0.4, -0.2) is 60.0 Å². The highest BCUT2D eigenvalue weighted by Crippen LogP contribution is 2.40. The number of nitrogen functional groups attached to an aromatic ring is 1. The lowest BCUT2D eigenvalue weighted by molar-refractivity contribution is 0.557. The van der Waals surface area contributed by atoms with Crippen molar-refractivity contribution in [3.05, 3.63) is 30.3 Å². The molecule has 2 aromatic heterocycles. The van der Waals surface area contributed by atoms with Gasteiger partial charge in [0.25, 0.3) is 0 Å². The third-order valence-electron chi connectivity index (χ3n) is 4.80. The van der Waals surface area contributed by atoms with Crippen molar-refractivity contribution in [2.24, 2.45) is 10.9 Å². The van der Waals surface area contributed by atoms with E-state index in [4.69, 9.17) is 16.6 Å². The van der Waals surface area contributed by atoms with Crippen molar-refractivity contribution in [2.75, 3.05) is 12.3 Å². The van der Waals surface area contributed by atoms with Gasteiger partial charge in [0.05, 0.1) is 16.6 Å². The molecule has 0 saturated carbocycles. The maximum absolute atomic E-state index is 13.1. The van der Waals surface area contributed by atoms with E-state index < -0.39 is 35.9 Å². The number of para-hydroxylation sites is 1. The number of nitrogens with one attached hydrogen (secondary N) is 3. The highest BCUT2D eigenvalue weighted by Gasteiger charge is 2.33. The van der Waals surface area contributed by atoms with Crippen LogP contribution in [0.25, 0.3) is 33.5 Å². The van der Waals surface area contributed by atoms with Crippen LogP contribution in [0.3, 0.4) is 0 Å². The Labute approximate surface area is 188 Å². The first-order valence-corrected chi connectivity index (χ1v) is 12.5. The number of H-pyrrole nitrogens is 2. The fourth-order valence-corrected chi connectivity index (χ4v) is 6.27. The van der Waals surface area contributed by atoms with Gasteiger partial charge in [0.2, 0.25) is 25.9 Å². The number of aromatic amines is 2. The van der Waals surface area contributed by atoms with E-state index in [1.54, 1.807) is 18.2 Å². The van der Waals surface area contributed by atoms with Crippen LogP contribution in [0.1, 0.15) is 6.92 Å². The number of aromatic nitrogens is 6. The first kappa shape index (κ1) is 22.7. The van der Waals surface area contributed by atoms with Crippen LogP contribution in [0.2, 0.25) is 0 Å². The van der Waals surface area contributed by atoms with Gasteiger partial charge in [0, 0.05) is 18.2 Å². The predicted molar refractivity (Wildman–Crippen MR) is 119 cm³/mol. The molecule has 33 heavy (non-hydrogen) atoms. The van der Waals surface area contributed by atoms with Crippen LogP contribution in [0.4, 0.5) is 5.95 Å². The molecule has 0 radical (unpaired) electrons. The number of hydrogen-bond donors (Lipinski definition) is 6. The number of benzene rings is 2. The van der Waals surface area contributed by atoms with Crippen molar-refractivity contribution in [3.8, 4) is 22.5 Å². The quantitative estimate of drug-likeness (QED) is 0.189. The number of primary sulfonamides is 1. The summed E-state index contributed by atoms with van der Waals surface area (Å²) >= 11 is 0. The standard InChI is InChI=1S/C17H20N10O4S2/c1-8(7-18)25-33(30,31)12-6-5-9(10-3-2-4-11-14(10)22-17(19)21-11)13(15(12)32(20,28)29)16-23-26-27-24-16/h2-6,8,25H,7,18H2,1H3,(H3,19,21,22)(H2,20,28,29)(H,23,24,26,27). The van der Waals surface area contributed by atoms with Crippen LogP contribution in [0.15, 0.2) is 40.1 Å². The van der Waals surface area contributed by atoms with E-state index in [0.717, 1.165) is 6.07 Å². The van der Waals surface area contributed by atoms with Crippen LogP contribution >= 0.6 is 0 Å². The van der Waals surface area contributed by atoms with E-state index >= 15 is 0 Å². The molecule has 2 heterocycles. The molecule has 1 unspecified atom stereocenters. The van der Waals surface area contributed by atoms with Gasteiger partial charge in [-0.2, -0.15) is 5.21 Å². The van der Waals surface area contributed by atoms with Gasteiger partial charge in [-0.25, -0.2) is 31.7 Å². The number of anilines is 1. The average molecular weight is 493 g/mol. The van der Waals surface area contributed by atoms with Gasteiger partial charge in [0.15, 0.2) is 5.95 Å². The number of hydrogen-bond acceptors (Lipinski definition) is 10. The van der Waals surface area contributed by atoms with E-state index in [0.29, 0.717) is 16.6 Å². The summed E-state index contributed by atoms with van der Waals surface area (Å²) in [5, 5.41) is 19.0. The van der Waals surface area contributed by atoms with Crippen molar-refractivity contribution < 1.29 is 16.8 Å². The largest absolute Gasteiger partial charge is 0.369 e. The Morgan fingerprint density at radius 1 is 1.12 bits per heavy atom. The highest BCUT2D eigenvalue weighted by molar-refractivity contribution is 7.92. The fraction of sp³-hybridized carbons (Fsp3) is 0.176. The molecule has 0 fully saturated rings. The lowest BCUT2D eigenvalue weighted by Crippen LogP contribution is -2.38. The number of nitrogens with zero attached hydrogens (tertiary/aromatic N) is 4. The Balaban J connectivity index is 2.13. The number of rotatable bonds is 7. The number of fused-ring (bicyclic) bond motifs is 1. The fourth-order valence-electron chi connectivity index (χ4n) is 3.42. The number of tetrazole rings is 1. The molecule has 1 atom stereocenters. The van der Waals surface area contributed by atoms with Crippen molar-refractivity contribution in [1.29, 1.82) is 0 Å². The maximum atomic E-state index is 13.1. The van der Waals surface area contributed by atoms with Gasteiger partial charge >= 0.3 is 0 Å². The topological polar surface area (TPSA) is 242 Å². The van der Waals surface area contributed by atoms with Gasteiger partial charge in [-0.1, -0.05) is 18.2 Å².